The topological polar surface area (TPSA) is 34.1 Å². The predicted molar refractivity (Wildman–Crippen MR) is 77.1 cm³/mol. The minimum atomic E-state index is 0.233. The van der Waals surface area contributed by atoms with Crippen LogP contribution in [0.5, 0.6) is 5.75 Å². The SMILES string of the molecule is CCOc1cccc(CNC(C)c2ccccn2)c1. The van der Waals surface area contributed by atoms with Crippen LogP contribution >= 0.6 is 0 Å². The van der Waals surface area contributed by atoms with Crippen molar-refractivity contribution in [3.8, 4) is 5.75 Å². The van der Waals surface area contributed by atoms with Gasteiger partial charge in [-0.25, -0.2) is 0 Å². The number of aromatic nitrogens is 1. The van der Waals surface area contributed by atoms with E-state index in [1.165, 1.54) is 5.56 Å². The van der Waals surface area contributed by atoms with E-state index in [1.807, 2.05) is 43.5 Å². The fourth-order valence-corrected chi connectivity index (χ4v) is 1.92. The minimum Gasteiger partial charge on any atom is -0.494 e. The molecule has 1 atom stereocenters. The molecule has 0 aliphatic carbocycles. The fraction of sp³-hybridized carbons (Fsp3) is 0.312. The summed E-state index contributed by atoms with van der Waals surface area (Å²) in [7, 11) is 0. The highest BCUT2D eigenvalue weighted by Crippen LogP contribution is 2.15. The van der Waals surface area contributed by atoms with Crippen molar-refractivity contribution in [1.29, 1.82) is 0 Å². The molecular weight excluding hydrogens is 236 g/mol. The maximum absolute atomic E-state index is 5.50. The molecule has 3 heteroatoms. The molecule has 1 aromatic carbocycles. The molecule has 0 aliphatic rings. The number of hydrogen-bond donors (Lipinski definition) is 1. The van der Waals surface area contributed by atoms with Crippen LogP contribution < -0.4 is 10.1 Å². The van der Waals surface area contributed by atoms with E-state index in [0.29, 0.717) is 6.61 Å². The van der Waals surface area contributed by atoms with Crippen molar-refractivity contribution in [2.24, 2.45) is 0 Å². The molecule has 1 heterocycles. The van der Waals surface area contributed by atoms with Crippen molar-refractivity contribution >= 4 is 0 Å². The monoisotopic (exact) mass is 256 g/mol. The first kappa shape index (κ1) is 13.6. The maximum atomic E-state index is 5.50. The van der Waals surface area contributed by atoms with Gasteiger partial charge in [0.2, 0.25) is 0 Å². The number of hydrogen-bond acceptors (Lipinski definition) is 3. The van der Waals surface area contributed by atoms with Crippen LogP contribution in [0.4, 0.5) is 0 Å². The van der Waals surface area contributed by atoms with Gasteiger partial charge in [-0.2, -0.15) is 0 Å². The number of pyridine rings is 1. The predicted octanol–water partition coefficient (Wildman–Crippen LogP) is 3.33. The Morgan fingerprint density at radius 2 is 2.11 bits per heavy atom. The Kier molecular flexibility index (Phi) is 4.93. The average molecular weight is 256 g/mol. The van der Waals surface area contributed by atoms with Gasteiger partial charge in [0.05, 0.1) is 12.3 Å². The molecule has 0 spiro atoms. The molecule has 0 saturated carbocycles. The average Bonchev–Trinajstić information content (AvgIpc) is 2.46. The van der Waals surface area contributed by atoms with Gasteiger partial charge >= 0.3 is 0 Å². The normalized spacial score (nSPS) is 12.1. The van der Waals surface area contributed by atoms with Gasteiger partial charge in [-0.1, -0.05) is 18.2 Å². The largest absolute Gasteiger partial charge is 0.494 e. The maximum Gasteiger partial charge on any atom is 0.119 e. The molecule has 0 fully saturated rings. The third kappa shape index (κ3) is 4.07. The summed E-state index contributed by atoms with van der Waals surface area (Å²) < 4.78 is 5.50. The lowest BCUT2D eigenvalue weighted by molar-refractivity contribution is 0.339. The Labute approximate surface area is 114 Å². The van der Waals surface area contributed by atoms with Crippen molar-refractivity contribution in [1.82, 2.24) is 10.3 Å². The molecule has 2 rings (SSSR count). The van der Waals surface area contributed by atoms with Gasteiger partial charge in [-0.3, -0.25) is 4.98 Å². The second kappa shape index (κ2) is 6.90. The molecule has 2 aromatic rings. The third-order valence-electron chi connectivity index (χ3n) is 2.95. The molecule has 1 aromatic heterocycles. The molecule has 1 unspecified atom stereocenters. The van der Waals surface area contributed by atoms with Gasteiger partial charge in [0.1, 0.15) is 5.75 Å². The zero-order valence-electron chi connectivity index (χ0n) is 11.5. The van der Waals surface area contributed by atoms with Crippen LogP contribution in [0.15, 0.2) is 48.7 Å². The van der Waals surface area contributed by atoms with Crippen molar-refractivity contribution in [3.63, 3.8) is 0 Å². The van der Waals surface area contributed by atoms with E-state index in [2.05, 4.69) is 29.4 Å². The Hall–Kier alpha value is -1.87. The highest BCUT2D eigenvalue weighted by atomic mass is 16.5. The summed E-state index contributed by atoms with van der Waals surface area (Å²) in [6.45, 7) is 5.61. The van der Waals surface area contributed by atoms with Crippen LogP contribution in [0.25, 0.3) is 0 Å². The van der Waals surface area contributed by atoms with Crippen LogP contribution in [0.1, 0.15) is 31.1 Å². The second-order valence-electron chi connectivity index (χ2n) is 4.44. The zero-order chi connectivity index (χ0) is 13.5. The van der Waals surface area contributed by atoms with Crippen molar-refractivity contribution in [2.75, 3.05) is 6.61 Å². The third-order valence-corrected chi connectivity index (χ3v) is 2.95. The van der Waals surface area contributed by atoms with E-state index in [-0.39, 0.29) is 6.04 Å². The standard InChI is InChI=1S/C16H20N2O/c1-3-19-15-8-6-7-14(11-15)12-18-13(2)16-9-4-5-10-17-16/h4-11,13,18H,3,12H2,1-2H3. The number of nitrogens with zero attached hydrogens (tertiary/aromatic N) is 1. The van der Waals surface area contributed by atoms with Crippen LogP contribution in [-0.2, 0) is 6.54 Å². The number of ether oxygens (including phenoxy) is 1. The summed E-state index contributed by atoms with van der Waals surface area (Å²) >= 11 is 0. The zero-order valence-corrected chi connectivity index (χ0v) is 11.5. The Balaban J connectivity index is 1.93. The first-order valence-corrected chi connectivity index (χ1v) is 6.65. The first-order chi connectivity index (χ1) is 9.29. The molecule has 0 amide bonds. The summed E-state index contributed by atoms with van der Waals surface area (Å²) in [5.74, 6) is 0.923. The summed E-state index contributed by atoms with van der Waals surface area (Å²) in [4.78, 5) is 4.35. The summed E-state index contributed by atoms with van der Waals surface area (Å²) in [5.41, 5.74) is 2.28. The Morgan fingerprint density at radius 3 is 2.84 bits per heavy atom. The molecular formula is C16H20N2O. The lowest BCUT2D eigenvalue weighted by Crippen LogP contribution is -2.18. The lowest BCUT2D eigenvalue weighted by Gasteiger charge is -2.13. The first-order valence-electron chi connectivity index (χ1n) is 6.65. The van der Waals surface area contributed by atoms with Gasteiger partial charge < -0.3 is 10.1 Å². The van der Waals surface area contributed by atoms with Crippen molar-refractivity contribution < 1.29 is 4.74 Å². The van der Waals surface area contributed by atoms with E-state index in [9.17, 15) is 0 Å². The minimum absolute atomic E-state index is 0.233. The van der Waals surface area contributed by atoms with Crippen LogP contribution in [-0.4, -0.2) is 11.6 Å². The molecule has 19 heavy (non-hydrogen) atoms. The molecule has 100 valence electrons. The van der Waals surface area contributed by atoms with Gasteiger partial charge in [-0.15, -0.1) is 0 Å². The van der Waals surface area contributed by atoms with E-state index in [1.54, 1.807) is 0 Å². The van der Waals surface area contributed by atoms with Crippen LogP contribution in [0, 0.1) is 0 Å². The molecule has 0 radical (unpaired) electrons. The highest BCUT2D eigenvalue weighted by Gasteiger charge is 2.05. The van der Waals surface area contributed by atoms with Gasteiger partial charge in [0.15, 0.2) is 0 Å². The van der Waals surface area contributed by atoms with Gasteiger partial charge in [0.25, 0.3) is 0 Å². The lowest BCUT2D eigenvalue weighted by atomic mass is 10.1. The van der Waals surface area contributed by atoms with E-state index in [4.69, 9.17) is 4.74 Å². The Morgan fingerprint density at radius 1 is 1.21 bits per heavy atom. The second-order valence-corrected chi connectivity index (χ2v) is 4.44. The van der Waals surface area contributed by atoms with Crippen LogP contribution in [0.2, 0.25) is 0 Å². The van der Waals surface area contributed by atoms with Crippen LogP contribution in [0.3, 0.4) is 0 Å². The molecule has 0 saturated heterocycles. The van der Waals surface area contributed by atoms with Gasteiger partial charge in [-0.05, 0) is 43.7 Å². The van der Waals surface area contributed by atoms with Gasteiger partial charge in [0, 0.05) is 18.8 Å². The molecule has 0 aliphatic heterocycles. The Bertz CT molecular complexity index is 499. The van der Waals surface area contributed by atoms with Crippen molar-refractivity contribution in [3.05, 3.63) is 59.9 Å². The summed E-state index contributed by atoms with van der Waals surface area (Å²) in [5, 5.41) is 3.47. The number of benzene rings is 1. The molecule has 3 nitrogen and oxygen atoms in total. The van der Waals surface area contributed by atoms with E-state index >= 15 is 0 Å². The molecule has 0 bridgehead atoms. The highest BCUT2D eigenvalue weighted by molar-refractivity contribution is 5.28. The number of nitrogens with one attached hydrogen (secondary N) is 1. The van der Waals surface area contributed by atoms with E-state index < -0.39 is 0 Å². The van der Waals surface area contributed by atoms with E-state index in [0.717, 1.165) is 18.0 Å². The smallest absolute Gasteiger partial charge is 0.119 e. The fourth-order valence-electron chi connectivity index (χ4n) is 1.92. The van der Waals surface area contributed by atoms with Crippen molar-refractivity contribution in [2.45, 2.75) is 26.4 Å². The number of rotatable bonds is 6. The summed E-state index contributed by atoms with van der Waals surface area (Å²) in [6, 6.07) is 14.4. The molecule has 1 N–H and O–H groups in total. The summed E-state index contributed by atoms with van der Waals surface area (Å²) in [6.07, 6.45) is 1.82. The quantitative estimate of drug-likeness (QED) is 0.860.